The third-order valence-corrected chi connectivity index (χ3v) is 12.8. The van der Waals surface area contributed by atoms with E-state index in [0.717, 1.165) is 43.9 Å². The van der Waals surface area contributed by atoms with E-state index >= 15 is 0 Å². The number of halogens is 4. The number of hydrogen-bond donors (Lipinski definition) is 0. The molecule has 0 saturated carbocycles. The fraction of sp³-hybridized carbons (Fsp3) is 0.0435. The Kier molecular flexibility index (Phi) is 9.08. The van der Waals surface area contributed by atoms with Crippen LogP contribution in [0.4, 0.5) is 27.2 Å². The lowest BCUT2D eigenvalue weighted by Gasteiger charge is -2.10. The standard InChI is InChI=1S/C46H22F4N2O8S2/c47-23-11-27-29(39(53)41(55)35(27)31(49)13-23)15-25-17-33-37(51(25)45(57)59-19-21-7-3-1-4-8-21)43-44(61-33)38-34(62-43)18-26(52(38)46(58)60-20-22-9-5-2-6-10-22)16-30-28-12-24(48)14-32(50)36(28)42(56)40(30)54/h1-18H,19-20H2/b29-15-,30-16-. The summed E-state index contributed by atoms with van der Waals surface area (Å²) in [6, 6.07) is 23.3. The third kappa shape index (κ3) is 6.13. The van der Waals surface area contributed by atoms with Crippen molar-refractivity contribution in [2.45, 2.75) is 13.2 Å². The Labute approximate surface area is 353 Å². The highest BCUT2D eigenvalue weighted by atomic mass is 32.1. The van der Waals surface area contributed by atoms with Crippen LogP contribution in [0.5, 0.6) is 0 Å². The summed E-state index contributed by atoms with van der Waals surface area (Å²) in [6.07, 6.45) is 0.563. The first kappa shape index (κ1) is 38.6. The zero-order valence-corrected chi connectivity index (χ0v) is 32.9. The van der Waals surface area contributed by atoms with Crippen molar-refractivity contribution in [2.24, 2.45) is 0 Å². The lowest BCUT2D eigenvalue weighted by molar-refractivity contribution is -0.110. The molecule has 4 heterocycles. The molecule has 0 amide bonds. The highest BCUT2D eigenvalue weighted by Crippen LogP contribution is 2.48. The number of ether oxygens (including phenoxy) is 2. The minimum atomic E-state index is -1.21. The van der Waals surface area contributed by atoms with Gasteiger partial charge in [-0.1, -0.05) is 60.7 Å². The number of aromatic nitrogens is 2. The maximum atomic E-state index is 14.8. The summed E-state index contributed by atoms with van der Waals surface area (Å²) in [6.45, 7) is -0.333. The van der Waals surface area contributed by atoms with Crippen LogP contribution >= 0.6 is 22.7 Å². The monoisotopic (exact) mass is 870 g/mol. The summed E-state index contributed by atoms with van der Waals surface area (Å²) in [5.74, 6) is -9.03. The lowest BCUT2D eigenvalue weighted by atomic mass is 10.1. The fourth-order valence-electron chi connectivity index (χ4n) is 7.73. The maximum absolute atomic E-state index is 14.8. The number of allylic oxidation sites excluding steroid dienone is 2. The molecule has 0 aliphatic heterocycles. The smallest absolute Gasteiger partial charge is 0.419 e. The fourth-order valence-corrected chi connectivity index (χ4v) is 10.5. The van der Waals surface area contributed by atoms with Gasteiger partial charge in [-0.25, -0.2) is 36.3 Å². The number of thiophene rings is 2. The zero-order valence-electron chi connectivity index (χ0n) is 31.3. The molecule has 10 rings (SSSR count). The molecule has 0 saturated heterocycles. The normalized spacial score (nSPS) is 14.9. The second-order valence-electron chi connectivity index (χ2n) is 14.2. The molecule has 4 aromatic heterocycles. The van der Waals surface area contributed by atoms with Crippen molar-refractivity contribution in [1.82, 2.24) is 9.13 Å². The van der Waals surface area contributed by atoms with E-state index in [0.29, 0.717) is 42.1 Å². The molecule has 2 aliphatic carbocycles. The predicted octanol–water partition coefficient (Wildman–Crippen LogP) is 10.4. The molecule has 0 spiro atoms. The molecule has 8 aromatic rings. The Hall–Kier alpha value is -7.56. The van der Waals surface area contributed by atoms with Crippen LogP contribution in [-0.4, -0.2) is 44.5 Å². The number of ketones is 4. The van der Waals surface area contributed by atoms with E-state index in [1.54, 1.807) is 60.7 Å². The minimum Gasteiger partial charge on any atom is -0.444 e. The molecule has 0 atom stereocenters. The van der Waals surface area contributed by atoms with Gasteiger partial charge in [0.15, 0.2) is 0 Å². The van der Waals surface area contributed by atoms with Crippen LogP contribution in [0.3, 0.4) is 0 Å². The number of benzene rings is 4. The second kappa shape index (κ2) is 14.6. The van der Waals surface area contributed by atoms with Crippen molar-refractivity contribution in [3.8, 4) is 0 Å². The molecule has 16 heteroatoms. The van der Waals surface area contributed by atoms with E-state index in [9.17, 15) is 46.3 Å². The van der Waals surface area contributed by atoms with Crippen LogP contribution < -0.4 is 0 Å². The van der Waals surface area contributed by atoms with Crippen molar-refractivity contribution in [3.05, 3.63) is 165 Å². The number of hydrogen-bond acceptors (Lipinski definition) is 10. The van der Waals surface area contributed by atoms with E-state index in [1.807, 2.05) is 0 Å². The SMILES string of the molecule is O=C1C(=O)c2c(F)cc(F)cc2/C1=C/c1cc2sc3c(sc4cc(/C=C5\C(=O)C(=O)c6c(F)cc(F)cc65)n(C(=O)OCc5ccccc5)c43)c2n1C(=O)OCc1ccccc1. The van der Waals surface area contributed by atoms with Crippen molar-refractivity contribution in [3.63, 3.8) is 0 Å². The summed E-state index contributed by atoms with van der Waals surface area (Å²) >= 11 is 2.24. The van der Waals surface area contributed by atoms with Crippen LogP contribution in [0.15, 0.2) is 97.1 Å². The topological polar surface area (TPSA) is 131 Å². The molecule has 0 unspecified atom stereocenters. The van der Waals surface area contributed by atoms with Gasteiger partial charge in [-0.3, -0.25) is 19.2 Å². The van der Waals surface area contributed by atoms with Gasteiger partial charge in [0.25, 0.3) is 0 Å². The van der Waals surface area contributed by atoms with Gasteiger partial charge in [-0.05, 0) is 47.5 Å². The number of fused-ring (bicyclic) bond motifs is 7. The van der Waals surface area contributed by atoms with Crippen molar-refractivity contribution >= 4 is 111 Å². The Morgan fingerprint density at radius 1 is 0.532 bits per heavy atom. The van der Waals surface area contributed by atoms with Gasteiger partial charge < -0.3 is 9.47 Å². The zero-order chi connectivity index (χ0) is 43.1. The molecule has 4 aromatic carbocycles. The van der Waals surface area contributed by atoms with Gasteiger partial charge in [0.2, 0.25) is 23.1 Å². The largest absolute Gasteiger partial charge is 0.444 e. The highest BCUT2D eigenvalue weighted by Gasteiger charge is 2.39. The van der Waals surface area contributed by atoms with Gasteiger partial charge in [0.1, 0.15) is 36.5 Å². The lowest BCUT2D eigenvalue weighted by Crippen LogP contribution is -2.15. The predicted molar refractivity (Wildman–Crippen MR) is 222 cm³/mol. The molecule has 304 valence electrons. The van der Waals surface area contributed by atoms with Crippen LogP contribution in [0.25, 0.3) is 53.1 Å². The summed E-state index contributed by atoms with van der Waals surface area (Å²) in [5, 5.41) is 0. The molecule has 10 nitrogen and oxygen atoms in total. The minimum absolute atomic E-state index is 0.0380. The number of carbonyl (C=O) groups is 6. The molecular formula is C46H22F4N2O8S2. The maximum Gasteiger partial charge on any atom is 0.419 e. The quantitative estimate of drug-likeness (QED) is 0.0917. The van der Waals surface area contributed by atoms with E-state index in [1.165, 1.54) is 24.3 Å². The number of nitrogens with zero attached hydrogens (tertiary/aromatic N) is 2. The van der Waals surface area contributed by atoms with E-state index < -0.39 is 69.7 Å². The molecule has 62 heavy (non-hydrogen) atoms. The number of rotatable bonds is 6. The second-order valence-corrected chi connectivity index (χ2v) is 16.3. The van der Waals surface area contributed by atoms with Gasteiger partial charge in [0.05, 0.1) is 52.3 Å². The summed E-state index contributed by atoms with van der Waals surface area (Å²) in [4.78, 5) is 80.6. The number of carbonyl (C=O) groups excluding carboxylic acids is 6. The first-order chi connectivity index (χ1) is 29.9. The first-order valence-electron chi connectivity index (χ1n) is 18.5. The van der Waals surface area contributed by atoms with Gasteiger partial charge in [-0.2, -0.15) is 0 Å². The molecular weight excluding hydrogens is 849 g/mol. The first-order valence-corrected chi connectivity index (χ1v) is 20.2. The van der Waals surface area contributed by atoms with Crippen LogP contribution in [-0.2, 0) is 32.3 Å². The molecule has 0 radical (unpaired) electrons. The molecule has 0 fully saturated rings. The van der Waals surface area contributed by atoms with Crippen LogP contribution in [0, 0.1) is 23.3 Å². The summed E-state index contributed by atoms with van der Waals surface area (Å²) < 4.78 is 74.1. The Bertz CT molecular complexity index is 3190. The third-order valence-electron chi connectivity index (χ3n) is 10.5. The Morgan fingerprint density at radius 3 is 1.31 bits per heavy atom. The van der Waals surface area contributed by atoms with E-state index in [4.69, 9.17) is 9.47 Å². The summed E-state index contributed by atoms with van der Waals surface area (Å²) in [5.41, 5.74) is -0.496. The van der Waals surface area contributed by atoms with Crippen molar-refractivity contribution < 1.29 is 55.8 Å². The summed E-state index contributed by atoms with van der Waals surface area (Å²) in [7, 11) is 0. The highest BCUT2D eigenvalue weighted by molar-refractivity contribution is 7.36. The Morgan fingerprint density at radius 2 is 0.919 bits per heavy atom. The van der Waals surface area contributed by atoms with Gasteiger partial charge in [-0.15, -0.1) is 22.7 Å². The molecule has 2 aliphatic rings. The van der Waals surface area contributed by atoms with Crippen molar-refractivity contribution in [2.75, 3.05) is 0 Å². The average Bonchev–Trinajstić information content (AvgIpc) is 4.06. The van der Waals surface area contributed by atoms with E-state index in [2.05, 4.69) is 0 Å². The van der Waals surface area contributed by atoms with Gasteiger partial charge >= 0.3 is 12.2 Å². The van der Waals surface area contributed by atoms with E-state index in [-0.39, 0.29) is 57.9 Å². The van der Waals surface area contributed by atoms with Crippen LogP contribution in [0.2, 0.25) is 0 Å². The van der Waals surface area contributed by atoms with Crippen molar-refractivity contribution in [1.29, 1.82) is 0 Å². The van der Waals surface area contributed by atoms with Gasteiger partial charge in [0, 0.05) is 34.4 Å². The van der Waals surface area contributed by atoms with Crippen LogP contribution in [0.1, 0.15) is 54.4 Å². The number of Topliss-reactive ketones (excluding diaryl/α,β-unsaturated/α-hetero) is 4. The Balaban J connectivity index is 1.17. The molecule has 0 N–H and O–H groups in total. The average molecular weight is 871 g/mol. The molecule has 0 bridgehead atoms.